The fourth-order valence-electron chi connectivity index (χ4n) is 2.50. The lowest BCUT2D eigenvalue weighted by Crippen LogP contribution is -2.24. The van der Waals surface area contributed by atoms with E-state index in [9.17, 15) is 4.79 Å². The lowest BCUT2D eigenvalue weighted by molar-refractivity contribution is -0.117. The number of benzene rings is 2. The van der Waals surface area contributed by atoms with Crippen LogP contribution < -0.4 is 4.90 Å². The molecule has 3 heteroatoms. The molecule has 1 fully saturated rings. The summed E-state index contributed by atoms with van der Waals surface area (Å²) in [6.07, 6.45) is 0.621. The second-order valence-corrected chi connectivity index (χ2v) is 5.15. The lowest BCUT2D eigenvalue weighted by Gasteiger charge is -2.17. The van der Waals surface area contributed by atoms with Gasteiger partial charge in [-0.3, -0.25) is 4.79 Å². The first-order chi connectivity index (χ1) is 8.78. The Hall–Kier alpha value is -1.48. The molecule has 2 aromatic rings. The summed E-state index contributed by atoms with van der Waals surface area (Å²) in [7, 11) is 0. The molecule has 0 aliphatic carbocycles. The number of rotatable bonds is 2. The number of carbonyl (C=O) groups is 1. The van der Waals surface area contributed by atoms with Gasteiger partial charge in [0.15, 0.2) is 0 Å². The van der Waals surface area contributed by atoms with Crippen molar-refractivity contribution >= 4 is 35.0 Å². The van der Waals surface area contributed by atoms with Gasteiger partial charge in [-0.1, -0.05) is 30.3 Å². The molecule has 1 amide bonds. The Morgan fingerprint density at radius 3 is 2.67 bits per heavy atom. The molecule has 0 bridgehead atoms. The Morgan fingerprint density at radius 1 is 1.17 bits per heavy atom. The molecule has 1 aliphatic rings. The summed E-state index contributed by atoms with van der Waals surface area (Å²) in [4.78, 5) is 13.9. The lowest BCUT2D eigenvalue weighted by atomic mass is 10.1. The topological polar surface area (TPSA) is 20.3 Å². The fourth-order valence-corrected chi connectivity index (χ4v) is 2.74. The number of nitrogens with zero attached hydrogens (tertiary/aromatic N) is 1. The van der Waals surface area contributed by atoms with E-state index in [1.165, 1.54) is 10.8 Å². The van der Waals surface area contributed by atoms with Crippen molar-refractivity contribution in [1.29, 1.82) is 0 Å². The number of amides is 1. The van der Waals surface area contributed by atoms with E-state index in [0.717, 1.165) is 18.0 Å². The van der Waals surface area contributed by atoms with E-state index >= 15 is 0 Å². The van der Waals surface area contributed by atoms with Crippen LogP contribution in [0, 0.1) is 5.92 Å². The average Bonchev–Trinajstić information content (AvgIpc) is 2.79. The van der Waals surface area contributed by atoms with E-state index < -0.39 is 0 Å². The molecule has 1 atom stereocenters. The molecule has 0 saturated carbocycles. The summed E-state index contributed by atoms with van der Waals surface area (Å²) in [6.45, 7) is 0.792. The van der Waals surface area contributed by atoms with E-state index in [4.69, 9.17) is 0 Å². The summed E-state index contributed by atoms with van der Waals surface area (Å²) in [5.41, 5.74) is 1.00. The molecule has 0 N–H and O–H groups in total. The molecule has 18 heavy (non-hydrogen) atoms. The van der Waals surface area contributed by atoms with Crippen molar-refractivity contribution < 1.29 is 4.79 Å². The number of thiol groups is 1. The van der Waals surface area contributed by atoms with Crippen LogP contribution in [0.3, 0.4) is 0 Å². The van der Waals surface area contributed by atoms with E-state index in [1.54, 1.807) is 0 Å². The van der Waals surface area contributed by atoms with Crippen molar-refractivity contribution in [2.24, 2.45) is 5.92 Å². The number of hydrogen-bond acceptors (Lipinski definition) is 2. The Kier molecular flexibility index (Phi) is 3.00. The summed E-state index contributed by atoms with van der Waals surface area (Å²) in [5, 5.41) is 2.38. The first-order valence-corrected chi connectivity index (χ1v) is 6.81. The van der Waals surface area contributed by atoms with Crippen LogP contribution in [0.4, 0.5) is 5.69 Å². The van der Waals surface area contributed by atoms with Crippen molar-refractivity contribution in [2.75, 3.05) is 17.2 Å². The van der Waals surface area contributed by atoms with Gasteiger partial charge in [-0.05, 0) is 34.6 Å². The smallest absolute Gasteiger partial charge is 0.227 e. The Balaban J connectivity index is 1.97. The summed E-state index contributed by atoms with van der Waals surface area (Å²) >= 11 is 4.29. The molecular formula is C15H15NOS. The molecule has 0 radical (unpaired) electrons. The zero-order valence-electron chi connectivity index (χ0n) is 10.0. The second-order valence-electron chi connectivity index (χ2n) is 4.79. The van der Waals surface area contributed by atoms with Gasteiger partial charge in [0.1, 0.15) is 0 Å². The third-order valence-electron chi connectivity index (χ3n) is 3.51. The molecule has 1 saturated heterocycles. The largest absolute Gasteiger partial charge is 0.312 e. The molecule has 1 aliphatic heterocycles. The van der Waals surface area contributed by atoms with Crippen LogP contribution >= 0.6 is 12.6 Å². The van der Waals surface area contributed by atoms with Gasteiger partial charge < -0.3 is 4.90 Å². The number of hydrogen-bond donors (Lipinski definition) is 1. The van der Waals surface area contributed by atoms with Gasteiger partial charge in [0, 0.05) is 18.7 Å². The minimum atomic E-state index is 0.212. The van der Waals surface area contributed by atoms with Crippen LogP contribution in [0.25, 0.3) is 10.8 Å². The van der Waals surface area contributed by atoms with Crippen LogP contribution in [-0.2, 0) is 4.79 Å². The van der Waals surface area contributed by atoms with E-state index in [0.29, 0.717) is 12.3 Å². The molecule has 0 aromatic heterocycles. The maximum atomic E-state index is 12.0. The Bertz CT molecular complexity index is 596. The SMILES string of the molecule is O=C1CC(CS)CN1c1ccc2ccccc2c1. The number of fused-ring (bicyclic) bond motifs is 1. The van der Waals surface area contributed by atoms with Gasteiger partial charge in [0.05, 0.1) is 0 Å². The second kappa shape index (κ2) is 4.65. The summed E-state index contributed by atoms with van der Waals surface area (Å²) in [6, 6.07) is 14.4. The van der Waals surface area contributed by atoms with Crippen LogP contribution in [0.5, 0.6) is 0 Å². The van der Waals surface area contributed by atoms with Gasteiger partial charge in [-0.2, -0.15) is 12.6 Å². The third-order valence-corrected chi connectivity index (χ3v) is 4.02. The van der Waals surface area contributed by atoms with Crippen molar-refractivity contribution in [3.63, 3.8) is 0 Å². The van der Waals surface area contributed by atoms with Gasteiger partial charge in [0.25, 0.3) is 0 Å². The van der Waals surface area contributed by atoms with Crippen molar-refractivity contribution in [1.82, 2.24) is 0 Å². The highest BCUT2D eigenvalue weighted by atomic mass is 32.1. The molecule has 3 rings (SSSR count). The zero-order valence-corrected chi connectivity index (χ0v) is 10.9. The van der Waals surface area contributed by atoms with Gasteiger partial charge in [0.2, 0.25) is 5.91 Å². The summed E-state index contributed by atoms with van der Waals surface area (Å²) in [5.74, 6) is 1.37. The van der Waals surface area contributed by atoms with Crippen molar-refractivity contribution in [2.45, 2.75) is 6.42 Å². The van der Waals surface area contributed by atoms with Crippen molar-refractivity contribution in [3.8, 4) is 0 Å². The molecule has 0 spiro atoms. The monoisotopic (exact) mass is 257 g/mol. The highest BCUT2D eigenvalue weighted by Gasteiger charge is 2.29. The highest BCUT2D eigenvalue weighted by Crippen LogP contribution is 2.28. The predicted octanol–water partition coefficient (Wildman–Crippen LogP) is 3.12. The molecule has 2 aromatic carbocycles. The van der Waals surface area contributed by atoms with Crippen LogP contribution in [0.2, 0.25) is 0 Å². The van der Waals surface area contributed by atoms with Crippen LogP contribution in [0.1, 0.15) is 6.42 Å². The number of carbonyl (C=O) groups excluding carboxylic acids is 1. The van der Waals surface area contributed by atoms with Crippen LogP contribution in [0.15, 0.2) is 42.5 Å². The van der Waals surface area contributed by atoms with Crippen molar-refractivity contribution in [3.05, 3.63) is 42.5 Å². The normalized spacial score (nSPS) is 19.7. The maximum Gasteiger partial charge on any atom is 0.227 e. The van der Waals surface area contributed by atoms with Crippen LogP contribution in [-0.4, -0.2) is 18.2 Å². The Labute approximate surface area is 112 Å². The minimum Gasteiger partial charge on any atom is -0.312 e. The van der Waals surface area contributed by atoms with Gasteiger partial charge in [-0.15, -0.1) is 0 Å². The first-order valence-electron chi connectivity index (χ1n) is 6.18. The Morgan fingerprint density at radius 2 is 1.94 bits per heavy atom. The molecule has 1 heterocycles. The van der Waals surface area contributed by atoms with Gasteiger partial charge >= 0.3 is 0 Å². The van der Waals surface area contributed by atoms with E-state index in [2.05, 4.69) is 36.9 Å². The quantitative estimate of drug-likeness (QED) is 0.820. The predicted molar refractivity (Wildman–Crippen MR) is 78.3 cm³/mol. The van der Waals surface area contributed by atoms with E-state index in [-0.39, 0.29) is 5.91 Å². The molecule has 92 valence electrons. The molecule has 1 unspecified atom stereocenters. The minimum absolute atomic E-state index is 0.212. The maximum absolute atomic E-state index is 12.0. The zero-order chi connectivity index (χ0) is 12.5. The number of anilines is 1. The fraction of sp³-hybridized carbons (Fsp3) is 0.267. The third kappa shape index (κ3) is 1.99. The standard InChI is InChI=1S/C15H15NOS/c17-15-7-11(10-18)9-16(15)14-6-5-12-3-1-2-4-13(12)8-14/h1-6,8,11,18H,7,9-10H2. The average molecular weight is 257 g/mol. The molecular weight excluding hydrogens is 242 g/mol. The van der Waals surface area contributed by atoms with E-state index in [1.807, 2.05) is 23.1 Å². The summed E-state index contributed by atoms with van der Waals surface area (Å²) < 4.78 is 0. The first kappa shape index (κ1) is 11.6. The van der Waals surface area contributed by atoms with Gasteiger partial charge in [-0.25, -0.2) is 0 Å². The molecule has 2 nitrogen and oxygen atoms in total. The highest BCUT2D eigenvalue weighted by molar-refractivity contribution is 7.80.